The van der Waals surface area contributed by atoms with Crippen molar-refractivity contribution in [1.29, 1.82) is 0 Å². The van der Waals surface area contributed by atoms with E-state index in [0.717, 1.165) is 13.1 Å². The molecule has 0 amide bonds. The van der Waals surface area contributed by atoms with E-state index in [4.69, 9.17) is 0 Å². The van der Waals surface area contributed by atoms with Crippen LogP contribution in [-0.2, 0) is 0 Å². The minimum absolute atomic E-state index is 0.801. The number of nitrogens with zero attached hydrogens (tertiary/aromatic N) is 2. The molecule has 0 aliphatic rings. The number of anilines is 1. The normalized spacial score (nSPS) is 10.5. The molecule has 0 unspecified atom stereocenters. The SMILES string of the molecule is C=CCN(CC=C)c1ccccc1/C=C/[n+]1ccccc1. The lowest BCUT2D eigenvalue weighted by molar-refractivity contribution is -0.567. The van der Waals surface area contributed by atoms with Crippen molar-refractivity contribution in [1.82, 2.24) is 0 Å². The second-order valence-corrected chi connectivity index (χ2v) is 4.68. The van der Waals surface area contributed by atoms with Crippen LogP contribution in [-0.4, -0.2) is 13.1 Å². The Morgan fingerprint density at radius 2 is 1.57 bits per heavy atom. The fourth-order valence-corrected chi connectivity index (χ4v) is 2.18. The summed E-state index contributed by atoms with van der Waals surface area (Å²) in [4.78, 5) is 2.25. The molecule has 2 heteroatoms. The Bertz CT molecular complexity index is 604. The van der Waals surface area contributed by atoms with Crippen molar-refractivity contribution >= 4 is 18.0 Å². The number of aromatic nitrogens is 1. The summed E-state index contributed by atoms with van der Waals surface area (Å²) < 4.78 is 2.03. The van der Waals surface area contributed by atoms with E-state index in [-0.39, 0.29) is 0 Å². The molecule has 106 valence electrons. The molecule has 2 rings (SSSR count). The Kier molecular flexibility index (Phi) is 5.53. The van der Waals surface area contributed by atoms with Gasteiger partial charge in [0, 0.05) is 42.5 Å². The van der Waals surface area contributed by atoms with Crippen molar-refractivity contribution in [3.8, 4) is 0 Å². The fraction of sp³-hybridized carbons (Fsp3) is 0.105. The van der Waals surface area contributed by atoms with Crippen LogP contribution in [0, 0.1) is 0 Å². The van der Waals surface area contributed by atoms with Crippen molar-refractivity contribution in [2.75, 3.05) is 18.0 Å². The van der Waals surface area contributed by atoms with Gasteiger partial charge in [-0.15, -0.1) is 13.2 Å². The van der Waals surface area contributed by atoms with Gasteiger partial charge in [-0.05, 0) is 6.07 Å². The van der Waals surface area contributed by atoms with Crippen molar-refractivity contribution in [2.24, 2.45) is 0 Å². The Balaban J connectivity index is 2.29. The summed E-state index contributed by atoms with van der Waals surface area (Å²) in [5, 5.41) is 0. The van der Waals surface area contributed by atoms with Crippen LogP contribution < -0.4 is 9.47 Å². The van der Waals surface area contributed by atoms with Gasteiger partial charge in [0.15, 0.2) is 18.6 Å². The number of hydrogen-bond acceptors (Lipinski definition) is 1. The average molecular weight is 277 g/mol. The summed E-state index contributed by atoms with van der Waals surface area (Å²) in [7, 11) is 0. The van der Waals surface area contributed by atoms with Crippen molar-refractivity contribution in [3.05, 3.63) is 85.7 Å². The van der Waals surface area contributed by atoms with Crippen LogP contribution in [0.3, 0.4) is 0 Å². The average Bonchev–Trinajstić information content (AvgIpc) is 2.54. The zero-order chi connectivity index (χ0) is 14.9. The van der Waals surface area contributed by atoms with E-state index in [0.29, 0.717) is 0 Å². The molecule has 0 atom stereocenters. The molecule has 0 saturated heterocycles. The van der Waals surface area contributed by atoms with Gasteiger partial charge in [-0.1, -0.05) is 36.4 Å². The maximum absolute atomic E-state index is 3.83. The second-order valence-electron chi connectivity index (χ2n) is 4.68. The van der Waals surface area contributed by atoms with Gasteiger partial charge in [0.05, 0.1) is 0 Å². The molecule has 0 aliphatic carbocycles. The monoisotopic (exact) mass is 277 g/mol. The number of para-hydroxylation sites is 1. The van der Waals surface area contributed by atoms with E-state index in [9.17, 15) is 0 Å². The molecule has 0 bridgehead atoms. The number of benzene rings is 1. The van der Waals surface area contributed by atoms with Gasteiger partial charge >= 0.3 is 0 Å². The van der Waals surface area contributed by atoms with Crippen LogP contribution in [0.1, 0.15) is 5.56 Å². The van der Waals surface area contributed by atoms with Gasteiger partial charge in [-0.25, -0.2) is 0 Å². The van der Waals surface area contributed by atoms with Crippen LogP contribution in [0.5, 0.6) is 0 Å². The zero-order valence-corrected chi connectivity index (χ0v) is 12.2. The van der Waals surface area contributed by atoms with Crippen molar-refractivity contribution in [2.45, 2.75) is 0 Å². The van der Waals surface area contributed by atoms with Crippen LogP contribution in [0.25, 0.3) is 12.3 Å². The minimum atomic E-state index is 0.801. The first kappa shape index (κ1) is 14.8. The van der Waals surface area contributed by atoms with Crippen LogP contribution in [0.15, 0.2) is 80.2 Å². The lowest BCUT2D eigenvalue weighted by atomic mass is 10.1. The summed E-state index contributed by atoms with van der Waals surface area (Å²) in [5.41, 5.74) is 2.36. The summed E-state index contributed by atoms with van der Waals surface area (Å²) in [6, 6.07) is 14.4. The predicted molar refractivity (Wildman–Crippen MR) is 90.9 cm³/mol. The fourth-order valence-electron chi connectivity index (χ4n) is 2.18. The van der Waals surface area contributed by atoms with Crippen LogP contribution >= 0.6 is 0 Å². The van der Waals surface area contributed by atoms with Crippen LogP contribution in [0.2, 0.25) is 0 Å². The second kappa shape index (κ2) is 7.85. The molecule has 0 radical (unpaired) electrons. The Morgan fingerprint density at radius 3 is 2.24 bits per heavy atom. The molecule has 0 fully saturated rings. The molecule has 1 aromatic heterocycles. The van der Waals surface area contributed by atoms with Gasteiger partial charge in [-0.3, -0.25) is 0 Å². The Hall–Kier alpha value is -2.61. The van der Waals surface area contributed by atoms with Crippen LogP contribution in [0.4, 0.5) is 5.69 Å². The standard InChI is InChI=1S/C19H21N2/c1-3-13-21(14-4-2)19-11-7-6-10-18(19)12-17-20-15-8-5-9-16-20/h3-12,15-17H,1-2,13-14H2/q+1/b17-12+. The smallest absolute Gasteiger partial charge is 0.175 e. The lowest BCUT2D eigenvalue weighted by Gasteiger charge is -2.23. The summed E-state index contributed by atoms with van der Waals surface area (Å²) in [6.07, 6.45) is 12.0. The predicted octanol–water partition coefficient (Wildman–Crippen LogP) is 3.78. The number of pyridine rings is 1. The largest absolute Gasteiger partial charge is 0.364 e. The molecule has 0 saturated carbocycles. The van der Waals surface area contributed by atoms with Gasteiger partial charge in [0.1, 0.15) is 0 Å². The highest BCUT2D eigenvalue weighted by Crippen LogP contribution is 2.21. The third-order valence-electron chi connectivity index (χ3n) is 3.14. The molecule has 2 nitrogen and oxygen atoms in total. The minimum Gasteiger partial charge on any atom is -0.364 e. The lowest BCUT2D eigenvalue weighted by Crippen LogP contribution is -2.25. The Morgan fingerprint density at radius 1 is 0.905 bits per heavy atom. The maximum atomic E-state index is 3.83. The molecule has 0 aliphatic heterocycles. The van der Waals surface area contributed by atoms with Gasteiger partial charge in [-0.2, -0.15) is 4.57 Å². The first-order valence-electron chi connectivity index (χ1n) is 7.05. The third-order valence-corrected chi connectivity index (χ3v) is 3.14. The first-order valence-corrected chi connectivity index (χ1v) is 7.05. The first-order chi connectivity index (χ1) is 10.3. The van der Waals surface area contributed by atoms with E-state index in [1.165, 1.54) is 11.3 Å². The van der Waals surface area contributed by atoms with Gasteiger partial charge in [0.25, 0.3) is 0 Å². The highest BCUT2D eigenvalue weighted by atomic mass is 15.1. The third kappa shape index (κ3) is 4.18. The molecular formula is C19H21N2+. The zero-order valence-electron chi connectivity index (χ0n) is 12.2. The van der Waals surface area contributed by atoms with Gasteiger partial charge < -0.3 is 4.90 Å². The van der Waals surface area contributed by atoms with E-state index in [2.05, 4.69) is 54.6 Å². The van der Waals surface area contributed by atoms with E-state index in [1.54, 1.807) is 0 Å². The van der Waals surface area contributed by atoms with E-state index < -0.39 is 0 Å². The molecule has 1 heterocycles. The summed E-state index contributed by atoms with van der Waals surface area (Å²) in [6.45, 7) is 9.27. The molecule has 0 spiro atoms. The number of rotatable bonds is 7. The molecule has 21 heavy (non-hydrogen) atoms. The van der Waals surface area contributed by atoms with E-state index >= 15 is 0 Å². The Labute approximate surface area is 127 Å². The van der Waals surface area contributed by atoms with E-state index in [1.807, 2.05) is 47.3 Å². The topological polar surface area (TPSA) is 7.12 Å². The molecule has 1 aromatic carbocycles. The quantitative estimate of drug-likeness (QED) is 0.552. The number of hydrogen-bond donors (Lipinski definition) is 0. The highest BCUT2D eigenvalue weighted by molar-refractivity contribution is 5.71. The summed E-state index contributed by atoms with van der Waals surface area (Å²) in [5.74, 6) is 0. The molecular weight excluding hydrogens is 256 g/mol. The summed E-state index contributed by atoms with van der Waals surface area (Å²) >= 11 is 0. The maximum Gasteiger partial charge on any atom is 0.175 e. The molecule has 0 N–H and O–H groups in total. The van der Waals surface area contributed by atoms with Crippen molar-refractivity contribution in [3.63, 3.8) is 0 Å². The highest BCUT2D eigenvalue weighted by Gasteiger charge is 2.07. The molecule has 2 aromatic rings. The van der Waals surface area contributed by atoms with Gasteiger partial charge in [0.2, 0.25) is 0 Å². The van der Waals surface area contributed by atoms with Crippen molar-refractivity contribution < 1.29 is 4.57 Å².